The van der Waals surface area contributed by atoms with Gasteiger partial charge in [-0.15, -0.1) is 0 Å². The minimum Gasteiger partial charge on any atom is -0.350 e. The third-order valence-corrected chi connectivity index (χ3v) is 7.67. The SMILES string of the molecule is CC1(C[C@H](NC(=O)[C@@H](NC(=O)C(F)(F)F)C(C)(C)C)C(=O)N[C@H](C#N)C[C@@H]2CCC3(CC3)NC2=O)CC1.[HH].[HH].[HH]. The van der Waals surface area contributed by atoms with Crippen LogP contribution in [0.5, 0.6) is 0 Å². The summed E-state index contributed by atoms with van der Waals surface area (Å²) in [5.41, 5.74) is -1.41. The third kappa shape index (κ3) is 7.58. The number of carbonyl (C=O) groups is 4. The molecule has 1 spiro atoms. The number of piperidine rings is 1. The van der Waals surface area contributed by atoms with E-state index in [0.29, 0.717) is 6.42 Å². The van der Waals surface area contributed by atoms with Crippen molar-refractivity contribution in [2.75, 3.05) is 0 Å². The molecular formula is C25H42F3N5O4. The zero-order valence-electron chi connectivity index (χ0n) is 21.7. The Morgan fingerprint density at radius 1 is 1.08 bits per heavy atom. The molecule has 1 heterocycles. The van der Waals surface area contributed by atoms with Crippen LogP contribution in [0.15, 0.2) is 0 Å². The highest BCUT2D eigenvalue weighted by Crippen LogP contribution is 2.49. The third-order valence-electron chi connectivity index (χ3n) is 7.67. The van der Waals surface area contributed by atoms with Gasteiger partial charge in [-0.05, 0) is 62.2 Å². The quantitative estimate of drug-likeness (QED) is 0.361. The first kappa shape index (κ1) is 28.7. The Hall–Kier alpha value is -2.84. The molecule has 0 radical (unpaired) electrons. The average molecular weight is 534 g/mol. The Labute approximate surface area is 219 Å². The molecule has 0 aromatic rings. The number of carbonyl (C=O) groups excluding carboxylic acids is 4. The van der Waals surface area contributed by atoms with Gasteiger partial charge in [-0.3, -0.25) is 19.2 Å². The van der Waals surface area contributed by atoms with E-state index in [-0.39, 0.29) is 34.0 Å². The summed E-state index contributed by atoms with van der Waals surface area (Å²) < 4.78 is 38.6. The number of hydrogen-bond acceptors (Lipinski definition) is 5. The van der Waals surface area contributed by atoms with Crippen LogP contribution in [-0.2, 0) is 19.2 Å². The van der Waals surface area contributed by atoms with Crippen LogP contribution in [0.4, 0.5) is 13.2 Å². The lowest BCUT2D eigenvalue weighted by Gasteiger charge is -2.33. The van der Waals surface area contributed by atoms with E-state index < -0.39 is 53.4 Å². The molecule has 2 saturated carbocycles. The van der Waals surface area contributed by atoms with Gasteiger partial charge in [0.1, 0.15) is 18.1 Å². The fourth-order valence-corrected chi connectivity index (χ4v) is 4.72. The maximum atomic E-state index is 13.2. The van der Waals surface area contributed by atoms with Gasteiger partial charge in [0, 0.05) is 15.7 Å². The minimum atomic E-state index is -5.17. The van der Waals surface area contributed by atoms with Crippen molar-refractivity contribution < 1.29 is 36.6 Å². The molecule has 3 rings (SSSR count). The number of amides is 4. The Kier molecular flexibility index (Phi) is 7.87. The van der Waals surface area contributed by atoms with E-state index in [2.05, 4.69) is 16.0 Å². The standard InChI is InChI=1S/C25H36F3N5O4.3H2/c1-22(2,3)17(32-21(37)25(26,27)28)20(36)31-16(12-23(4)7-8-23)19(35)30-15(13-29)11-14-5-6-24(9-10-24)33-18(14)34;;;/h14-17H,5-12H2,1-4H3,(H,30,35)(H,31,36)(H,32,37)(H,33,34);3*1H/t14-,15-,16-,17+;;;/m0.../s1. The van der Waals surface area contributed by atoms with Crippen molar-refractivity contribution >= 4 is 23.6 Å². The number of alkyl halides is 3. The lowest BCUT2D eigenvalue weighted by atomic mass is 9.85. The molecule has 2 aliphatic carbocycles. The van der Waals surface area contributed by atoms with Gasteiger partial charge >= 0.3 is 12.1 Å². The van der Waals surface area contributed by atoms with Crippen LogP contribution >= 0.6 is 0 Å². The van der Waals surface area contributed by atoms with Gasteiger partial charge in [0.2, 0.25) is 17.7 Å². The Balaban J connectivity index is 0.00000507. The highest BCUT2D eigenvalue weighted by atomic mass is 19.4. The lowest BCUT2D eigenvalue weighted by molar-refractivity contribution is -0.175. The van der Waals surface area contributed by atoms with E-state index in [0.717, 1.165) is 32.1 Å². The first-order chi connectivity index (χ1) is 17.0. The Morgan fingerprint density at radius 3 is 2.16 bits per heavy atom. The van der Waals surface area contributed by atoms with Gasteiger partial charge in [-0.1, -0.05) is 27.7 Å². The van der Waals surface area contributed by atoms with Crippen LogP contribution in [0.1, 0.15) is 83.3 Å². The van der Waals surface area contributed by atoms with E-state index >= 15 is 0 Å². The lowest BCUT2D eigenvalue weighted by Crippen LogP contribution is -2.60. The van der Waals surface area contributed by atoms with Crippen molar-refractivity contribution in [2.24, 2.45) is 16.7 Å². The Morgan fingerprint density at radius 2 is 1.70 bits per heavy atom. The number of rotatable bonds is 9. The summed E-state index contributed by atoms with van der Waals surface area (Å²) in [4.78, 5) is 50.3. The molecular weight excluding hydrogens is 491 g/mol. The monoisotopic (exact) mass is 533 g/mol. The van der Waals surface area contributed by atoms with Gasteiger partial charge in [-0.2, -0.15) is 18.4 Å². The number of hydrogen-bond donors (Lipinski definition) is 4. The maximum Gasteiger partial charge on any atom is 0.471 e. The van der Waals surface area contributed by atoms with Crippen molar-refractivity contribution in [3.63, 3.8) is 0 Å². The molecule has 4 N–H and O–H groups in total. The van der Waals surface area contributed by atoms with Gasteiger partial charge in [0.05, 0.1) is 6.07 Å². The summed E-state index contributed by atoms with van der Waals surface area (Å²) in [6.45, 7) is 6.42. The summed E-state index contributed by atoms with van der Waals surface area (Å²) in [5.74, 6) is -4.39. The van der Waals surface area contributed by atoms with Crippen LogP contribution in [0, 0.1) is 28.1 Å². The molecule has 4 atom stereocenters. The topological polar surface area (TPSA) is 140 Å². The predicted molar refractivity (Wildman–Crippen MR) is 133 cm³/mol. The van der Waals surface area contributed by atoms with E-state index in [1.807, 2.05) is 13.0 Å². The number of nitrogens with one attached hydrogen (secondary N) is 4. The molecule has 0 unspecified atom stereocenters. The van der Waals surface area contributed by atoms with Crippen LogP contribution in [-0.4, -0.2) is 53.5 Å². The molecule has 0 bridgehead atoms. The van der Waals surface area contributed by atoms with Crippen molar-refractivity contribution in [1.29, 1.82) is 5.26 Å². The number of nitrogens with zero attached hydrogens (tertiary/aromatic N) is 1. The summed E-state index contributed by atoms with van der Waals surface area (Å²) in [6, 6.07) is -1.66. The second-order valence-corrected chi connectivity index (χ2v) is 12.3. The largest absolute Gasteiger partial charge is 0.471 e. The Bertz CT molecular complexity index is 992. The smallest absolute Gasteiger partial charge is 0.350 e. The number of nitriles is 1. The van der Waals surface area contributed by atoms with Crippen molar-refractivity contribution in [1.82, 2.24) is 21.3 Å². The molecule has 1 aliphatic heterocycles. The molecule has 3 aliphatic rings. The van der Waals surface area contributed by atoms with Crippen molar-refractivity contribution in [3.05, 3.63) is 0 Å². The molecule has 0 aromatic heterocycles. The molecule has 212 valence electrons. The second-order valence-electron chi connectivity index (χ2n) is 12.3. The number of halogens is 3. The van der Waals surface area contributed by atoms with Gasteiger partial charge < -0.3 is 21.3 Å². The summed E-state index contributed by atoms with van der Waals surface area (Å²) >= 11 is 0. The molecule has 9 nitrogen and oxygen atoms in total. The van der Waals surface area contributed by atoms with Gasteiger partial charge in [0.25, 0.3) is 0 Å². The fraction of sp³-hybridized carbons (Fsp3) is 0.800. The molecule has 3 fully saturated rings. The predicted octanol–water partition coefficient (Wildman–Crippen LogP) is 2.95. The molecule has 4 amide bonds. The van der Waals surface area contributed by atoms with Crippen LogP contribution < -0.4 is 21.3 Å². The molecule has 37 heavy (non-hydrogen) atoms. The second kappa shape index (κ2) is 10.1. The van der Waals surface area contributed by atoms with E-state index in [1.54, 1.807) is 5.32 Å². The molecule has 1 saturated heterocycles. The first-order valence-electron chi connectivity index (χ1n) is 12.7. The maximum absolute atomic E-state index is 13.2. The van der Waals surface area contributed by atoms with Crippen molar-refractivity contribution in [2.45, 2.75) is 109 Å². The van der Waals surface area contributed by atoms with E-state index in [4.69, 9.17) is 0 Å². The summed E-state index contributed by atoms with van der Waals surface area (Å²) in [6.07, 6.45) is 0.124. The zero-order chi connectivity index (χ0) is 27.8. The normalized spacial score (nSPS) is 24.1. The van der Waals surface area contributed by atoms with E-state index in [1.165, 1.54) is 20.8 Å². The molecule has 0 aromatic carbocycles. The first-order valence-corrected chi connectivity index (χ1v) is 12.7. The minimum absolute atomic E-state index is 0. The van der Waals surface area contributed by atoms with Crippen LogP contribution in [0.2, 0.25) is 0 Å². The summed E-state index contributed by atoms with van der Waals surface area (Å²) in [5, 5.41) is 19.5. The molecule has 12 heteroatoms. The average Bonchev–Trinajstić information content (AvgIpc) is 3.70. The highest BCUT2D eigenvalue weighted by molar-refractivity contribution is 5.93. The fourth-order valence-electron chi connectivity index (χ4n) is 4.72. The van der Waals surface area contributed by atoms with Crippen molar-refractivity contribution in [3.8, 4) is 6.07 Å². The van der Waals surface area contributed by atoms with E-state index in [9.17, 15) is 37.6 Å². The van der Waals surface area contributed by atoms with Gasteiger partial charge in [-0.25, -0.2) is 0 Å². The highest BCUT2D eigenvalue weighted by Gasteiger charge is 2.49. The van der Waals surface area contributed by atoms with Gasteiger partial charge in [0.15, 0.2) is 0 Å². The summed E-state index contributed by atoms with van der Waals surface area (Å²) in [7, 11) is 0. The zero-order valence-corrected chi connectivity index (χ0v) is 21.7. The van der Waals surface area contributed by atoms with Crippen LogP contribution in [0.25, 0.3) is 0 Å². The van der Waals surface area contributed by atoms with Crippen LogP contribution in [0.3, 0.4) is 0 Å².